The standard InChI is InChI=1S/C15H22BrNO2S2/c16-13-7-9-15(10-8-13)21(18,19)17-11-4-12-20-14-5-2-1-3-6-14/h7-10,14,17H,1-6,11-12H2. The van der Waals surface area contributed by atoms with Crippen molar-refractivity contribution in [3.63, 3.8) is 0 Å². The number of hydrogen-bond acceptors (Lipinski definition) is 3. The summed E-state index contributed by atoms with van der Waals surface area (Å²) in [5.74, 6) is 1.04. The lowest BCUT2D eigenvalue weighted by atomic mass is 10.0. The van der Waals surface area contributed by atoms with Crippen LogP contribution in [0.3, 0.4) is 0 Å². The number of nitrogens with one attached hydrogen (secondary N) is 1. The van der Waals surface area contributed by atoms with Gasteiger partial charge in [0, 0.05) is 16.3 Å². The van der Waals surface area contributed by atoms with E-state index in [1.807, 2.05) is 11.8 Å². The van der Waals surface area contributed by atoms with Crippen molar-refractivity contribution in [1.82, 2.24) is 4.72 Å². The Morgan fingerprint density at radius 2 is 1.81 bits per heavy atom. The predicted octanol–water partition coefficient (Wildman–Crippen LogP) is 4.18. The van der Waals surface area contributed by atoms with Gasteiger partial charge < -0.3 is 0 Å². The Morgan fingerprint density at radius 1 is 1.14 bits per heavy atom. The maximum Gasteiger partial charge on any atom is 0.240 e. The van der Waals surface area contributed by atoms with Gasteiger partial charge >= 0.3 is 0 Å². The van der Waals surface area contributed by atoms with Gasteiger partial charge in [-0.2, -0.15) is 11.8 Å². The molecule has 0 atom stereocenters. The fourth-order valence-electron chi connectivity index (χ4n) is 2.46. The van der Waals surface area contributed by atoms with Crippen LogP contribution in [0.5, 0.6) is 0 Å². The Morgan fingerprint density at radius 3 is 2.48 bits per heavy atom. The monoisotopic (exact) mass is 391 g/mol. The molecule has 1 aromatic carbocycles. The van der Waals surface area contributed by atoms with Crippen molar-refractivity contribution < 1.29 is 8.42 Å². The smallest absolute Gasteiger partial charge is 0.211 e. The molecular formula is C15H22BrNO2S2. The number of benzene rings is 1. The van der Waals surface area contributed by atoms with E-state index in [1.54, 1.807) is 24.3 Å². The van der Waals surface area contributed by atoms with E-state index in [0.29, 0.717) is 11.4 Å². The Labute approximate surface area is 140 Å². The van der Waals surface area contributed by atoms with Gasteiger partial charge in [0.25, 0.3) is 0 Å². The topological polar surface area (TPSA) is 46.2 Å². The highest BCUT2D eigenvalue weighted by Crippen LogP contribution is 2.28. The molecule has 0 aromatic heterocycles. The Hall–Kier alpha value is -0.0400. The van der Waals surface area contributed by atoms with Gasteiger partial charge in [0.15, 0.2) is 0 Å². The molecule has 3 nitrogen and oxygen atoms in total. The van der Waals surface area contributed by atoms with E-state index in [2.05, 4.69) is 20.7 Å². The zero-order valence-electron chi connectivity index (χ0n) is 12.1. The van der Waals surface area contributed by atoms with Crippen LogP contribution >= 0.6 is 27.7 Å². The van der Waals surface area contributed by atoms with Crippen LogP contribution in [0.25, 0.3) is 0 Å². The highest BCUT2D eigenvalue weighted by atomic mass is 79.9. The summed E-state index contributed by atoms with van der Waals surface area (Å²) in [6.45, 7) is 0.512. The third-order valence-electron chi connectivity index (χ3n) is 3.64. The zero-order chi connectivity index (χ0) is 15.1. The summed E-state index contributed by atoms with van der Waals surface area (Å²) in [6, 6.07) is 6.72. The molecule has 1 N–H and O–H groups in total. The van der Waals surface area contributed by atoms with Gasteiger partial charge in [-0.3, -0.25) is 0 Å². The second-order valence-electron chi connectivity index (χ2n) is 5.34. The van der Waals surface area contributed by atoms with Gasteiger partial charge in [0.05, 0.1) is 4.90 Å². The number of halogens is 1. The molecule has 1 saturated carbocycles. The first-order valence-electron chi connectivity index (χ1n) is 7.45. The van der Waals surface area contributed by atoms with Crippen LogP contribution in [0.4, 0.5) is 0 Å². The first-order valence-corrected chi connectivity index (χ1v) is 10.8. The van der Waals surface area contributed by atoms with Crippen molar-refractivity contribution in [1.29, 1.82) is 0 Å². The molecule has 0 saturated heterocycles. The van der Waals surface area contributed by atoms with Crippen molar-refractivity contribution in [2.75, 3.05) is 12.3 Å². The largest absolute Gasteiger partial charge is 0.240 e. The molecule has 21 heavy (non-hydrogen) atoms. The molecule has 1 aliphatic rings. The molecule has 1 aliphatic carbocycles. The highest BCUT2D eigenvalue weighted by molar-refractivity contribution is 9.10. The lowest BCUT2D eigenvalue weighted by Crippen LogP contribution is -2.25. The minimum atomic E-state index is -3.36. The van der Waals surface area contributed by atoms with Crippen LogP contribution in [0.15, 0.2) is 33.6 Å². The third-order valence-corrected chi connectivity index (χ3v) is 7.12. The Bertz CT molecular complexity index is 525. The maximum atomic E-state index is 12.1. The molecule has 0 heterocycles. The summed E-state index contributed by atoms with van der Waals surface area (Å²) in [5.41, 5.74) is 0. The molecule has 2 rings (SSSR count). The van der Waals surface area contributed by atoms with E-state index in [9.17, 15) is 8.42 Å². The SMILES string of the molecule is O=S(=O)(NCCCSC1CCCCC1)c1ccc(Br)cc1. The number of thioether (sulfide) groups is 1. The molecule has 0 radical (unpaired) electrons. The van der Waals surface area contributed by atoms with Crippen LogP contribution in [0.1, 0.15) is 38.5 Å². The van der Waals surface area contributed by atoms with E-state index in [4.69, 9.17) is 0 Å². The van der Waals surface area contributed by atoms with E-state index < -0.39 is 10.0 Å². The summed E-state index contributed by atoms with van der Waals surface area (Å²) >= 11 is 5.31. The van der Waals surface area contributed by atoms with Gasteiger partial charge in [0.2, 0.25) is 10.0 Å². The van der Waals surface area contributed by atoms with Crippen molar-refractivity contribution in [3.8, 4) is 0 Å². The first-order chi connectivity index (χ1) is 10.1. The maximum absolute atomic E-state index is 12.1. The molecule has 1 aromatic rings. The molecule has 118 valence electrons. The second-order valence-corrected chi connectivity index (χ2v) is 9.43. The van der Waals surface area contributed by atoms with Crippen LogP contribution in [0.2, 0.25) is 0 Å². The van der Waals surface area contributed by atoms with Crippen molar-refractivity contribution in [3.05, 3.63) is 28.7 Å². The first kappa shape index (κ1) is 17.3. The average molecular weight is 392 g/mol. The molecular weight excluding hydrogens is 370 g/mol. The fraction of sp³-hybridized carbons (Fsp3) is 0.600. The number of sulfonamides is 1. The molecule has 0 aliphatic heterocycles. The van der Waals surface area contributed by atoms with E-state index >= 15 is 0 Å². The number of rotatable bonds is 7. The molecule has 6 heteroatoms. The van der Waals surface area contributed by atoms with Gasteiger partial charge in [-0.25, -0.2) is 13.1 Å². The molecule has 1 fully saturated rings. The molecule has 0 amide bonds. The quantitative estimate of drug-likeness (QED) is 0.708. The van der Waals surface area contributed by atoms with Crippen molar-refractivity contribution >= 4 is 37.7 Å². The minimum absolute atomic E-state index is 0.325. The summed E-state index contributed by atoms with van der Waals surface area (Å²) in [5, 5.41) is 0.793. The summed E-state index contributed by atoms with van der Waals surface area (Å²) < 4.78 is 27.7. The second kappa shape index (κ2) is 8.56. The summed E-state index contributed by atoms with van der Waals surface area (Å²) in [6.07, 6.45) is 7.63. The van der Waals surface area contributed by atoms with Gasteiger partial charge in [-0.1, -0.05) is 35.2 Å². The summed E-state index contributed by atoms with van der Waals surface area (Å²) in [4.78, 5) is 0.325. The third kappa shape index (κ3) is 5.93. The Balaban J connectivity index is 1.68. The van der Waals surface area contributed by atoms with E-state index in [1.165, 1.54) is 32.1 Å². The minimum Gasteiger partial charge on any atom is -0.211 e. The van der Waals surface area contributed by atoms with Crippen molar-refractivity contribution in [2.45, 2.75) is 48.7 Å². The predicted molar refractivity (Wildman–Crippen MR) is 93.3 cm³/mol. The van der Waals surface area contributed by atoms with Gasteiger partial charge in [-0.15, -0.1) is 0 Å². The van der Waals surface area contributed by atoms with Crippen LogP contribution in [-0.4, -0.2) is 26.0 Å². The van der Waals surface area contributed by atoms with Crippen LogP contribution in [0, 0.1) is 0 Å². The van der Waals surface area contributed by atoms with E-state index in [-0.39, 0.29) is 0 Å². The summed E-state index contributed by atoms with van der Waals surface area (Å²) in [7, 11) is -3.36. The fourth-order valence-corrected chi connectivity index (χ4v) is 5.11. The molecule has 0 unspecified atom stereocenters. The lowest BCUT2D eigenvalue weighted by Gasteiger charge is -2.20. The molecule has 0 bridgehead atoms. The van der Waals surface area contributed by atoms with Gasteiger partial charge in [-0.05, 0) is 49.3 Å². The van der Waals surface area contributed by atoms with Gasteiger partial charge in [0.1, 0.15) is 0 Å². The van der Waals surface area contributed by atoms with E-state index in [0.717, 1.165) is 21.9 Å². The Kier molecular flexibility index (Phi) is 7.05. The zero-order valence-corrected chi connectivity index (χ0v) is 15.3. The normalized spacial score (nSPS) is 17.0. The number of hydrogen-bond donors (Lipinski definition) is 1. The average Bonchev–Trinajstić information content (AvgIpc) is 2.48. The van der Waals surface area contributed by atoms with Crippen LogP contribution < -0.4 is 4.72 Å². The molecule has 0 spiro atoms. The highest BCUT2D eigenvalue weighted by Gasteiger charge is 2.15. The van der Waals surface area contributed by atoms with Crippen molar-refractivity contribution in [2.24, 2.45) is 0 Å². The van der Waals surface area contributed by atoms with Crippen LogP contribution in [-0.2, 0) is 10.0 Å². The lowest BCUT2D eigenvalue weighted by molar-refractivity contribution is 0.516.